The Hall–Kier alpha value is -0.800. The van der Waals surface area contributed by atoms with E-state index in [0.29, 0.717) is 0 Å². The van der Waals surface area contributed by atoms with Gasteiger partial charge < -0.3 is 10.0 Å². The molecular weight excluding hydrogens is 212 g/mol. The average molecular weight is 229 g/mol. The van der Waals surface area contributed by atoms with Crippen molar-refractivity contribution in [3.8, 4) is 0 Å². The largest absolute Gasteiger partial charge is 0.394 e. The molecule has 1 atom stereocenters. The summed E-state index contributed by atoms with van der Waals surface area (Å²) < 4.78 is 0. The van der Waals surface area contributed by atoms with Gasteiger partial charge in [-0.2, -0.15) is 0 Å². The maximum atomic E-state index is 9.20. The van der Waals surface area contributed by atoms with Crippen LogP contribution < -0.4 is 4.90 Å². The first-order chi connectivity index (χ1) is 6.81. The van der Waals surface area contributed by atoms with E-state index in [0.717, 1.165) is 30.9 Å². The summed E-state index contributed by atoms with van der Waals surface area (Å²) in [6.45, 7) is 3.24. The van der Waals surface area contributed by atoms with E-state index in [4.69, 9.17) is 0 Å². The minimum Gasteiger partial charge on any atom is -0.394 e. The zero-order valence-electron chi connectivity index (χ0n) is 8.89. The summed E-state index contributed by atoms with van der Waals surface area (Å²) in [5.74, 6) is 1.00. The van der Waals surface area contributed by atoms with E-state index in [1.807, 2.05) is 25.1 Å². The van der Waals surface area contributed by atoms with Gasteiger partial charge in [-0.3, -0.25) is 0 Å². The molecule has 15 heavy (non-hydrogen) atoms. The molecule has 1 saturated heterocycles. The van der Waals surface area contributed by atoms with Crippen molar-refractivity contribution in [2.45, 2.75) is 25.8 Å². The summed E-state index contributed by atoms with van der Waals surface area (Å²) in [5.41, 5.74) is 1.03. The quantitative estimate of drug-likeness (QED) is 0.838. The maximum absolute atomic E-state index is 9.20. The molecule has 1 aliphatic heterocycles. The monoisotopic (exact) mass is 228 g/mol. The van der Waals surface area contributed by atoms with Crippen molar-refractivity contribution in [1.82, 2.24) is 4.98 Å². The summed E-state index contributed by atoms with van der Waals surface area (Å²) in [4.78, 5) is 6.67. The summed E-state index contributed by atoms with van der Waals surface area (Å²) in [7, 11) is 0. The van der Waals surface area contributed by atoms with Crippen molar-refractivity contribution < 1.29 is 5.11 Å². The van der Waals surface area contributed by atoms with Crippen molar-refractivity contribution in [2.75, 3.05) is 18.1 Å². The van der Waals surface area contributed by atoms with Crippen LogP contribution >= 0.6 is 12.4 Å². The number of aliphatic hydroxyl groups is 1. The lowest BCUT2D eigenvalue weighted by Crippen LogP contribution is -2.32. The first-order valence-electron chi connectivity index (χ1n) is 5.12. The van der Waals surface area contributed by atoms with E-state index < -0.39 is 0 Å². The van der Waals surface area contributed by atoms with E-state index in [-0.39, 0.29) is 25.1 Å². The van der Waals surface area contributed by atoms with Crippen LogP contribution in [0.4, 0.5) is 5.82 Å². The molecule has 2 rings (SSSR count). The van der Waals surface area contributed by atoms with E-state index >= 15 is 0 Å². The van der Waals surface area contributed by atoms with Crippen LogP contribution in [0.25, 0.3) is 0 Å². The molecule has 0 amide bonds. The molecule has 84 valence electrons. The van der Waals surface area contributed by atoms with Gasteiger partial charge in [-0.1, -0.05) is 6.07 Å². The summed E-state index contributed by atoms with van der Waals surface area (Å²) >= 11 is 0. The molecule has 1 aromatic heterocycles. The Kier molecular flexibility index (Phi) is 4.36. The Labute approximate surface area is 96.5 Å². The number of anilines is 1. The van der Waals surface area contributed by atoms with Crippen molar-refractivity contribution in [3.05, 3.63) is 23.9 Å². The highest BCUT2D eigenvalue weighted by atomic mass is 35.5. The normalized spacial score (nSPS) is 20.1. The molecule has 0 bridgehead atoms. The lowest BCUT2D eigenvalue weighted by atomic mass is 10.2. The number of pyridine rings is 1. The van der Waals surface area contributed by atoms with Crippen molar-refractivity contribution >= 4 is 18.2 Å². The SMILES string of the molecule is Cc1cccc(N2CCCC2CO)n1.Cl. The van der Waals surface area contributed by atoms with Crippen LogP contribution in [0.2, 0.25) is 0 Å². The fourth-order valence-corrected chi connectivity index (χ4v) is 2.02. The average Bonchev–Trinajstić information content (AvgIpc) is 2.65. The summed E-state index contributed by atoms with van der Waals surface area (Å²) in [6.07, 6.45) is 2.23. The lowest BCUT2D eigenvalue weighted by molar-refractivity contribution is 0.266. The summed E-state index contributed by atoms with van der Waals surface area (Å²) in [6, 6.07) is 6.29. The molecule has 0 radical (unpaired) electrons. The van der Waals surface area contributed by atoms with E-state index in [1.165, 1.54) is 0 Å². The van der Waals surface area contributed by atoms with Crippen LogP contribution in [0.1, 0.15) is 18.5 Å². The number of nitrogens with zero attached hydrogens (tertiary/aromatic N) is 2. The van der Waals surface area contributed by atoms with Crippen LogP contribution in [0, 0.1) is 6.92 Å². The third kappa shape index (κ3) is 2.61. The van der Waals surface area contributed by atoms with Gasteiger partial charge in [0.05, 0.1) is 12.6 Å². The number of aromatic nitrogens is 1. The second kappa shape index (κ2) is 5.33. The standard InChI is InChI=1S/C11H16N2O.ClH/c1-9-4-2-6-11(12-9)13-7-3-5-10(13)8-14;/h2,4,6,10,14H,3,5,7-8H2,1H3;1H. The third-order valence-corrected chi connectivity index (χ3v) is 2.76. The Bertz CT molecular complexity index is 319. The second-order valence-electron chi connectivity index (χ2n) is 3.81. The Morgan fingerprint density at radius 1 is 1.53 bits per heavy atom. The molecule has 1 unspecified atom stereocenters. The number of hydrogen-bond donors (Lipinski definition) is 1. The highest BCUT2D eigenvalue weighted by Gasteiger charge is 2.24. The number of rotatable bonds is 2. The van der Waals surface area contributed by atoms with Gasteiger partial charge in [-0.25, -0.2) is 4.98 Å². The molecule has 0 saturated carbocycles. The van der Waals surface area contributed by atoms with Crippen LogP contribution in [-0.2, 0) is 0 Å². The zero-order chi connectivity index (χ0) is 9.97. The predicted molar refractivity (Wildman–Crippen MR) is 63.7 cm³/mol. The number of aliphatic hydroxyl groups excluding tert-OH is 1. The van der Waals surface area contributed by atoms with Gasteiger partial charge >= 0.3 is 0 Å². The van der Waals surface area contributed by atoms with Gasteiger partial charge in [0.25, 0.3) is 0 Å². The van der Waals surface area contributed by atoms with E-state index in [2.05, 4.69) is 9.88 Å². The number of aryl methyl sites for hydroxylation is 1. The molecule has 1 fully saturated rings. The van der Waals surface area contributed by atoms with Crippen molar-refractivity contribution in [3.63, 3.8) is 0 Å². The first-order valence-corrected chi connectivity index (χ1v) is 5.12. The minimum absolute atomic E-state index is 0. The third-order valence-electron chi connectivity index (χ3n) is 2.76. The molecule has 1 aliphatic rings. The van der Waals surface area contributed by atoms with Crippen molar-refractivity contribution in [2.24, 2.45) is 0 Å². The molecule has 4 heteroatoms. The van der Waals surface area contributed by atoms with Crippen LogP contribution in [-0.4, -0.2) is 29.3 Å². The van der Waals surface area contributed by atoms with Crippen LogP contribution in [0.15, 0.2) is 18.2 Å². The topological polar surface area (TPSA) is 36.4 Å². The van der Waals surface area contributed by atoms with Gasteiger partial charge in [0, 0.05) is 12.2 Å². The maximum Gasteiger partial charge on any atom is 0.129 e. The minimum atomic E-state index is 0. The fourth-order valence-electron chi connectivity index (χ4n) is 2.02. The molecular formula is C11H17ClN2O. The van der Waals surface area contributed by atoms with Gasteiger partial charge in [-0.05, 0) is 31.9 Å². The predicted octanol–water partition coefficient (Wildman–Crippen LogP) is 1.77. The first kappa shape index (κ1) is 12.3. The zero-order valence-corrected chi connectivity index (χ0v) is 9.70. The van der Waals surface area contributed by atoms with Crippen LogP contribution in [0.3, 0.4) is 0 Å². The molecule has 2 heterocycles. The Morgan fingerprint density at radius 2 is 2.33 bits per heavy atom. The molecule has 0 aromatic carbocycles. The Morgan fingerprint density at radius 3 is 3.00 bits per heavy atom. The molecule has 0 aliphatic carbocycles. The highest BCUT2D eigenvalue weighted by molar-refractivity contribution is 5.85. The lowest BCUT2D eigenvalue weighted by Gasteiger charge is -2.24. The molecule has 0 spiro atoms. The summed E-state index contributed by atoms with van der Waals surface area (Å²) in [5, 5.41) is 9.20. The molecule has 3 nitrogen and oxygen atoms in total. The highest BCUT2D eigenvalue weighted by Crippen LogP contribution is 2.23. The van der Waals surface area contributed by atoms with Gasteiger partial charge in [0.15, 0.2) is 0 Å². The fraction of sp³-hybridized carbons (Fsp3) is 0.545. The molecule has 1 aromatic rings. The van der Waals surface area contributed by atoms with Gasteiger partial charge in [0.2, 0.25) is 0 Å². The number of halogens is 1. The molecule has 1 N–H and O–H groups in total. The smallest absolute Gasteiger partial charge is 0.129 e. The van der Waals surface area contributed by atoms with Gasteiger partial charge in [-0.15, -0.1) is 12.4 Å². The van der Waals surface area contributed by atoms with Crippen molar-refractivity contribution in [1.29, 1.82) is 0 Å². The van der Waals surface area contributed by atoms with E-state index in [9.17, 15) is 5.11 Å². The van der Waals surface area contributed by atoms with E-state index in [1.54, 1.807) is 0 Å². The number of hydrogen-bond acceptors (Lipinski definition) is 3. The van der Waals surface area contributed by atoms with Crippen LogP contribution in [0.5, 0.6) is 0 Å². The second-order valence-corrected chi connectivity index (χ2v) is 3.81. The Balaban J connectivity index is 0.00000112. The van der Waals surface area contributed by atoms with Gasteiger partial charge in [0.1, 0.15) is 5.82 Å².